The lowest BCUT2D eigenvalue weighted by Crippen LogP contribution is -2.42. The zero-order valence-electron chi connectivity index (χ0n) is 9.52. The molecule has 6 heteroatoms. The van der Waals surface area contributed by atoms with Gasteiger partial charge in [-0.2, -0.15) is 0 Å². The van der Waals surface area contributed by atoms with Crippen molar-refractivity contribution >= 4 is 15.7 Å². The second-order valence-electron chi connectivity index (χ2n) is 4.03. The van der Waals surface area contributed by atoms with Crippen molar-refractivity contribution < 1.29 is 18.3 Å². The highest BCUT2D eigenvalue weighted by molar-refractivity contribution is 7.92. The van der Waals surface area contributed by atoms with E-state index in [1.165, 1.54) is 6.92 Å². The first-order valence-electron chi connectivity index (χ1n) is 4.81. The normalized spacial score (nSPS) is 16.1. The minimum Gasteiger partial charge on any atom is -0.391 e. The lowest BCUT2D eigenvalue weighted by atomic mass is 10.1. The molecule has 0 spiro atoms. The van der Waals surface area contributed by atoms with E-state index in [9.17, 15) is 18.3 Å². The van der Waals surface area contributed by atoms with E-state index < -0.39 is 27.1 Å². The number of rotatable bonds is 5. The lowest BCUT2D eigenvalue weighted by molar-refractivity contribution is -0.121. The maximum atomic E-state index is 11.3. The molecule has 0 bridgehead atoms. The molecule has 90 valence electrons. The van der Waals surface area contributed by atoms with Crippen LogP contribution in [0.1, 0.15) is 20.8 Å². The molecule has 0 rings (SSSR count). The molecular weight excluding hydrogens is 218 g/mol. The molecule has 0 aliphatic carbocycles. The molecule has 0 fully saturated rings. The van der Waals surface area contributed by atoms with Crippen LogP contribution in [-0.2, 0) is 14.6 Å². The number of hydrogen-bond acceptors (Lipinski definition) is 4. The van der Waals surface area contributed by atoms with Gasteiger partial charge in [-0.25, -0.2) is 8.42 Å². The molecule has 0 aromatic carbocycles. The van der Waals surface area contributed by atoms with Gasteiger partial charge in [0.2, 0.25) is 5.91 Å². The van der Waals surface area contributed by atoms with Crippen LogP contribution in [-0.4, -0.2) is 43.6 Å². The van der Waals surface area contributed by atoms with Gasteiger partial charge in [-0.1, -0.05) is 13.8 Å². The fourth-order valence-electron chi connectivity index (χ4n) is 0.779. The summed E-state index contributed by atoms with van der Waals surface area (Å²) < 4.78 is 22.1. The quantitative estimate of drug-likeness (QED) is 0.678. The molecule has 0 saturated carbocycles. The van der Waals surface area contributed by atoms with Gasteiger partial charge in [0.1, 0.15) is 5.25 Å². The molecule has 0 heterocycles. The van der Waals surface area contributed by atoms with E-state index in [1.54, 1.807) is 0 Å². The van der Waals surface area contributed by atoms with E-state index >= 15 is 0 Å². The Hall–Kier alpha value is -0.620. The van der Waals surface area contributed by atoms with Crippen LogP contribution in [0.5, 0.6) is 0 Å². The zero-order chi connectivity index (χ0) is 12.2. The molecule has 0 aromatic heterocycles. The van der Waals surface area contributed by atoms with Crippen molar-refractivity contribution in [3.05, 3.63) is 0 Å². The number of aliphatic hydroxyl groups is 1. The van der Waals surface area contributed by atoms with Crippen LogP contribution in [0.2, 0.25) is 0 Å². The van der Waals surface area contributed by atoms with Gasteiger partial charge in [0.25, 0.3) is 0 Å². The average molecular weight is 237 g/mol. The van der Waals surface area contributed by atoms with Crippen LogP contribution >= 0.6 is 0 Å². The van der Waals surface area contributed by atoms with E-state index in [0.29, 0.717) is 0 Å². The van der Waals surface area contributed by atoms with Crippen LogP contribution in [0.3, 0.4) is 0 Å². The van der Waals surface area contributed by atoms with Crippen molar-refractivity contribution in [1.82, 2.24) is 5.32 Å². The predicted molar refractivity (Wildman–Crippen MR) is 58.2 cm³/mol. The van der Waals surface area contributed by atoms with E-state index in [-0.39, 0.29) is 12.5 Å². The second kappa shape index (κ2) is 5.46. The number of aliphatic hydroxyl groups excluding tert-OH is 1. The zero-order valence-corrected chi connectivity index (χ0v) is 10.3. The van der Waals surface area contributed by atoms with Crippen molar-refractivity contribution in [2.75, 3.05) is 12.8 Å². The van der Waals surface area contributed by atoms with Gasteiger partial charge >= 0.3 is 0 Å². The third-order valence-electron chi connectivity index (χ3n) is 2.27. The van der Waals surface area contributed by atoms with E-state index in [0.717, 1.165) is 6.26 Å². The number of carbonyl (C=O) groups excluding carboxylic acids is 1. The summed E-state index contributed by atoms with van der Waals surface area (Å²) in [4.78, 5) is 11.3. The standard InChI is InChI=1S/C9H19NO4S/c1-6(2)8(11)5-10-9(12)7(3)15(4,13)14/h6-8,11H,5H2,1-4H3,(H,10,12). The van der Waals surface area contributed by atoms with Crippen molar-refractivity contribution in [2.45, 2.75) is 32.1 Å². The summed E-state index contributed by atoms with van der Waals surface area (Å²) in [5.74, 6) is -0.545. The highest BCUT2D eigenvalue weighted by atomic mass is 32.2. The van der Waals surface area contributed by atoms with E-state index in [2.05, 4.69) is 5.32 Å². The molecular formula is C9H19NO4S. The molecule has 0 saturated heterocycles. The monoisotopic (exact) mass is 237 g/mol. The van der Waals surface area contributed by atoms with Crippen LogP contribution in [0.4, 0.5) is 0 Å². The van der Waals surface area contributed by atoms with Crippen LogP contribution in [0, 0.1) is 5.92 Å². The molecule has 2 N–H and O–H groups in total. The van der Waals surface area contributed by atoms with Crippen LogP contribution < -0.4 is 5.32 Å². The Balaban J connectivity index is 4.17. The molecule has 0 aliphatic rings. The highest BCUT2D eigenvalue weighted by Gasteiger charge is 2.23. The summed E-state index contributed by atoms with van der Waals surface area (Å²) in [5, 5.41) is 10.7. The first-order valence-corrected chi connectivity index (χ1v) is 6.76. The Morgan fingerprint density at radius 1 is 1.33 bits per heavy atom. The summed E-state index contributed by atoms with van der Waals surface area (Å²) in [6.45, 7) is 5.04. The maximum Gasteiger partial charge on any atom is 0.238 e. The molecule has 1 amide bonds. The van der Waals surface area contributed by atoms with Crippen molar-refractivity contribution in [1.29, 1.82) is 0 Å². The molecule has 2 unspecified atom stereocenters. The van der Waals surface area contributed by atoms with E-state index in [1.807, 2.05) is 13.8 Å². The molecule has 5 nitrogen and oxygen atoms in total. The second-order valence-corrected chi connectivity index (χ2v) is 6.39. The minimum absolute atomic E-state index is 0.0267. The van der Waals surface area contributed by atoms with Gasteiger partial charge in [-0.05, 0) is 12.8 Å². The molecule has 15 heavy (non-hydrogen) atoms. The Morgan fingerprint density at radius 2 is 1.80 bits per heavy atom. The van der Waals surface area contributed by atoms with Crippen LogP contribution in [0.15, 0.2) is 0 Å². The minimum atomic E-state index is -3.36. The summed E-state index contributed by atoms with van der Waals surface area (Å²) >= 11 is 0. The van der Waals surface area contributed by atoms with E-state index in [4.69, 9.17) is 0 Å². The van der Waals surface area contributed by atoms with Gasteiger partial charge in [-0.15, -0.1) is 0 Å². The Morgan fingerprint density at radius 3 is 2.13 bits per heavy atom. The number of hydrogen-bond donors (Lipinski definition) is 2. The summed E-state index contributed by atoms with van der Waals surface area (Å²) in [7, 11) is -3.36. The first-order chi connectivity index (χ1) is 6.66. The number of amides is 1. The number of nitrogens with one attached hydrogen (secondary N) is 1. The van der Waals surface area contributed by atoms with Crippen molar-refractivity contribution in [2.24, 2.45) is 5.92 Å². The summed E-state index contributed by atoms with van der Waals surface area (Å²) in [6, 6.07) is 0. The molecule has 0 radical (unpaired) electrons. The highest BCUT2D eigenvalue weighted by Crippen LogP contribution is 2.01. The summed E-state index contributed by atoms with van der Waals surface area (Å²) in [6.07, 6.45) is 0.358. The Bertz CT molecular complexity index is 310. The maximum absolute atomic E-state index is 11.3. The third-order valence-corrected chi connectivity index (χ3v) is 3.76. The SMILES string of the molecule is CC(C)C(O)CNC(=O)C(C)S(C)(=O)=O. The summed E-state index contributed by atoms with van der Waals surface area (Å²) in [5.41, 5.74) is 0. The third kappa shape index (κ3) is 5.13. The topological polar surface area (TPSA) is 83.5 Å². The van der Waals surface area contributed by atoms with Gasteiger partial charge in [0.15, 0.2) is 9.84 Å². The van der Waals surface area contributed by atoms with Crippen molar-refractivity contribution in [3.63, 3.8) is 0 Å². The van der Waals surface area contributed by atoms with Crippen LogP contribution in [0.25, 0.3) is 0 Å². The van der Waals surface area contributed by atoms with Gasteiger partial charge in [0, 0.05) is 12.8 Å². The Kier molecular flexibility index (Phi) is 5.23. The number of sulfone groups is 1. The molecule has 0 aromatic rings. The molecule has 2 atom stereocenters. The van der Waals surface area contributed by atoms with Crippen molar-refractivity contribution in [3.8, 4) is 0 Å². The first kappa shape index (κ1) is 14.4. The lowest BCUT2D eigenvalue weighted by Gasteiger charge is -2.16. The fraction of sp³-hybridized carbons (Fsp3) is 0.889. The van der Waals surface area contributed by atoms with Gasteiger partial charge in [-0.3, -0.25) is 4.79 Å². The Labute approximate surface area is 90.8 Å². The smallest absolute Gasteiger partial charge is 0.238 e. The fourth-order valence-corrected chi connectivity index (χ4v) is 1.25. The average Bonchev–Trinajstić information content (AvgIpc) is 2.10. The largest absolute Gasteiger partial charge is 0.391 e. The van der Waals surface area contributed by atoms with Gasteiger partial charge < -0.3 is 10.4 Å². The molecule has 0 aliphatic heterocycles. The van der Waals surface area contributed by atoms with Gasteiger partial charge in [0.05, 0.1) is 6.10 Å². The predicted octanol–water partition coefficient (Wildman–Crippen LogP) is -0.447. The number of carbonyl (C=O) groups is 1.